The predicted molar refractivity (Wildman–Crippen MR) is 89.1 cm³/mol. The van der Waals surface area contributed by atoms with Gasteiger partial charge in [0, 0.05) is 31.3 Å². The van der Waals surface area contributed by atoms with E-state index in [4.69, 9.17) is 4.42 Å². The number of nitro groups is 1. The fraction of sp³-hybridized carbons (Fsp3) is 0.312. The van der Waals surface area contributed by atoms with Crippen LogP contribution in [-0.2, 0) is 0 Å². The van der Waals surface area contributed by atoms with E-state index < -0.39 is 4.92 Å². The number of hydrogen-bond donors (Lipinski definition) is 1. The fourth-order valence-electron chi connectivity index (χ4n) is 2.52. The number of nitro benzene ring substituents is 1. The van der Waals surface area contributed by atoms with Crippen LogP contribution in [0.1, 0.15) is 25.0 Å². The van der Waals surface area contributed by atoms with Crippen LogP contribution in [0.5, 0.6) is 0 Å². The number of furan rings is 1. The molecule has 120 valence electrons. The van der Waals surface area contributed by atoms with Crippen molar-refractivity contribution in [1.82, 2.24) is 0 Å². The zero-order valence-corrected chi connectivity index (χ0v) is 12.6. The Labute approximate surface area is 133 Å². The Hall–Kier alpha value is -2.83. The number of hydrazone groups is 1. The molecule has 1 aliphatic heterocycles. The Morgan fingerprint density at radius 1 is 1.13 bits per heavy atom. The molecule has 3 rings (SSSR count). The molecule has 2 heterocycles. The summed E-state index contributed by atoms with van der Waals surface area (Å²) in [6, 6.07) is 9.91. The third kappa shape index (κ3) is 3.88. The normalized spacial score (nSPS) is 15.0. The minimum atomic E-state index is -0.433. The van der Waals surface area contributed by atoms with Crippen molar-refractivity contribution in [2.24, 2.45) is 5.10 Å². The van der Waals surface area contributed by atoms with E-state index in [1.807, 2.05) is 12.1 Å². The van der Waals surface area contributed by atoms with E-state index in [9.17, 15) is 10.1 Å². The number of hydrogen-bond acceptors (Lipinski definition) is 6. The van der Waals surface area contributed by atoms with E-state index in [-0.39, 0.29) is 5.69 Å². The van der Waals surface area contributed by atoms with Gasteiger partial charge in [-0.3, -0.25) is 15.5 Å². The van der Waals surface area contributed by atoms with Crippen LogP contribution in [-0.4, -0.2) is 24.2 Å². The van der Waals surface area contributed by atoms with Crippen molar-refractivity contribution in [3.63, 3.8) is 0 Å². The highest BCUT2D eigenvalue weighted by Crippen LogP contribution is 2.22. The number of benzene rings is 1. The first-order valence-corrected chi connectivity index (χ1v) is 7.61. The van der Waals surface area contributed by atoms with E-state index in [0.717, 1.165) is 19.0 Å². The standard InChI is InChI=1S/C16H18N4O3/c21-20(22)14-6-4-13(5-7-14)18-17-12-15-8-9-16(23-15)19-10-2-1-3-11-19/h4-9,12,18H,1-3,10-11H2/b17-12+. The Kier molecular flexibility index (Phi) is 4.56. The summed E-state index contributed by atoms with van der Waals surface area (Å²) in [5.74, 6) is 1.54. The highest BCUT2D eigenvalue weighted by Gasteiger charge is 2.13. The Balaban J connectivity index is 1.57. The molecule has 0 spiro atoms. The van der Waals surface area contributed by atoms with Crippen LogP contribution in [0.4, 0.5) is 17.3 Å². The van der Waals surface area contributed by atoms with Crippen molar-refractivity contribution in [2.75, 3.05) is 23.4 Å². The van der Waals surface area contributed by atoms with Gasteiger partial charge in [-0.25, -0.2) is 0 Å². The second-order valence-corrected chi connectivity index (χ2v) is 5.40. The molecule has 2 aromatic rings. The van der Waals surface area contributed by atoms with Crippen LogP contribution >= 0.6 is 0 Å². The van der Waals surface area contributed by atoms with Crippen LogP contribution in [0.3, 0.4) is 0 Å². The topological polar surface area (TPSA) is 83.9 Å². The van der Waals surface area contributed by atoms with Crippen molar-refractivity contribution in [1.29, 1.82) is 0 Å². The number of rotatable bonds is 5. The lowest BCUT2D eigenvalue weighted by atomic mass is 10.1. The van der Waals surface area contributed by atoms with Gasteiger partial charge in [-0.1, -0.05) is 0 Å². The van der Waals surface area contributed by atoms with E-state index in [1.165, 1.54) is 31.4 Å². The van der Waals surface area contributed by atoms with E-state index in [2.05, 4.69) is 15.4 Å². The highest BCUT2D eigenvalue weighted by molar-refractivity contribution is 5.77. The summed E-state index contributed by atoms with van der Waals surface area (Å²) in [5.41, 5.74) is 3.55. The molecule has 1 aromatic heterocycles. The van der Waals surface area contributed by atoms with Crippen molar-refractivity contribution in [3.05, 3.63) is 52.3 Å². The Bertz CT molecular complexity index is 688. The van der Waals surface area contributed by atoms with Crippen LogP contribution in [0.2, 0.25) is 0 Å². The largest absolute Gasteiger partial charge is 0.440 e. The maximum atomic E-state index is 10.6. The molecule has 1 saturated heterocycles. The second kappa shape index (κ2) is 6.95. The molecular weight excluding hydrogens is 296 g/mol. The molecule has 0 radical (unpaired) electrons. The summed E-state index contributed by atoms with van der Waals surface area (Å²) in [5, 5.41) is 14.7. The maximum absolute atomic E-state index is 10.6. The Morgan fingerprint density at radius 3 is 2.57 bits per heavy atom. The van der Waals surface area contributed by atoms with Crippen LogP contribution in [0, 0.1) is 10.1 Å². The van der Waals surface area contributed by atoms with Crippen LogP contribution in [0.15, 0.2) is 45.9 Å². The molecule has 1 aliphatic rings. The summed E-state index contributed by atoms with van der Waals surface area (Å²) >= 11 is 0. The molecule has 7 heteroatoms. The monoisotopic (exact) mass is 314 g/mol. The van der Waals surface area contributed by atoms with Crippen LogP contribution in [0.25, 0.3) is 0 Å². The molecule has 0 atom stereocenters. The molecule has 0 saturated carbocycles. The summed E-state index contributed by atoms with van der Waals surface area (Å²) in [7, 11) is 0. The lowest BCUT2D eigenvalue weighted by molar-refractivity contribution is -0.384. The quantitative estimate of drug-likeness (QED) is 0.517. The second-order valence-electron chi connectivity index (χ2n) is 5.40. The smallest absolute Gasteiger partial charge is 0.269 e. The van der Waals surface area contributed by atoms with Gasteiger partial charge in [0.1, 0.15) is 5.76 Å². The van der Waals surface area contributed by atoms with Gasteiger partial charge >= 0.3 is 0 Å². The molecule has 1 fully saturated rings. The summed E-state index contributed by atoms with van der Waals surface area (Å²) in [6.45, 7) is 2.07. The molecule has 0 unspecified atom stereocenters. The fourth-order valence-corrected chi connectivity index (χ4v) is 2.52. The van der Waals surface area contributed by atoms with E-state index in [0.29, 0.717) is 11.4 Å². The zero-order chi connectivity index (χ0) is 16.1. The van der Waals surface area contributed by atoms with Gasteiger partial charge in [0.15, 0.2) is 5.88 Å². The summed E-state index contributed by atoms with van der Waals surface area (Å²) in [6.07, 6.45) is 5.27. The lowest BCUT2D eigenvalue weighted by Gasteiger charge is -2.25. The molecule has 1 aromatic carbocycles. The summed E-state index contributed by atoms with van der Waals surface area (Å²) < 4.78 is 5.76. The van der Waals surface area contributed by atoms with Gasteiger partial charge in [-0.2, -0.15) is 5.10 Å². The number of nitrogens with one attached hydrogen (secondary N) is 1. The molecule has 1 N–H and O–H groups in total. The minimum absolute atomic E-state index is 0.0525. The predicted octanol–water partition coefficient (Wildman–Crippen LogP) is 3.62. The van der Waals surface area contributed by atoms with Crippen molar-refractivity contribution < 1.29 is 9.34 Å². The molecule has 0 amide bonds. The molecule has 23 heavy (non-hydrogen) atoms. The third-order valence-electron chi connectivity index (χ3n) is 3.74. The third-order valence-corrected chi connectivity index (χ3v) is 3.74. The van der Waals surface area contributed by atoms with Crippen LogP contribution < -0.4 is 10.3 Å². The first-order valence-electron chi connectivity index (χ1n) is 7.61. The molecule has 0 aliphatic carbocycles. The number of anilines is 2. The first kappa shape index (κ1) is 15.1. The van der Waals surface area contributed by atoms with Gasteiger partial charge in [-0.05, 0) is 37.5 Å². The van der Waals surface area contributed by atoms with Gasteiger partial charge in [0.25, 0.3) is 5.69 Å². The van der Waals surface area contributed by atoms with Crippen molar-refractivity contribution >= 4 is 23.5 Å². The first-order chi connectivity index (χ1) is 11.2. The molecular formula is C16H18N4O3. The van der Waals surface area contributed by atoms with E-state index in [1.54, 1.807) is 18.3 Å². The van der Waals surface area contributed by atoms with Crippen molar-refractivity contribution in [3.8, 4) is 0 Å². The van der Waals surface area contributed by atoms with Gasteiger partial charge in [0.2, 0.25) is 0 Å². The zero-order valence-electron chi connectivity index (χ0n) is 12.6. The number of nitrogens with zero attached hydrogens (tertiary/aromatic N) is 3. The molecule has 7 nitrogen and oxygen atoms in total. The average molecular weight is 314 g/mol. The Morgan fingerprint density at radius 2 is 1.87 bits per heavy atom. The van der Waals surface area contributed by atoms with Gasteiger partial charge in [-0.15, -0.1) is 0 Å². The average Bonchev–Trinajstić information content (AvgIpc) is 3.05. The highest BCUT2D eigenvalue weighted by atomic mass is 16.6. The van der Waals surface area contributed by atoms with Crippen molar-refractivity contribution in [2.45, 2.75) is 19.3 Å². The minimum Gasteiger partial charge on any atom is -0.440 e. The summed E-state index contributed by atoms with van der Waals surface area (Å²) in [4.78, 5) is 12.4. The van der Waals surface area contributed by atoms with E-state index >= 15 is 0 Å². The van der Waals surface area contributed by atoms with Gasteiger partial charge < -0.3 is 9.32 Å². The number of piperidine rings is 1. The SMILES string of the molecule is O=[N+]([O-])c1ccc(N/N=C/c2ccc(N3CCCCC3)o2)cc1. The lowest BCUT2D eigenvalue weighted by Crippen LogP contribution is -2.28. The number of non-ortho nitro benzene ring substituents is 1. The molecule has 0 bridgehead atoms. The maximum Gasteiger partial charge on any atom is 0.269 e. The van der Waals surface area contributed by atoms with Gasteiger partial charge in [0.05, 0.1) is 16.8 Å².